The number of nitrogens with two attached hydrogens (primary N) is 1. The average molecular weight is 533 g/mol. The molecule has 0 saturated carbocycles. The minimum Gasteiger partial charge on any atom is -0.493 e. The van der Waals surface area contributed by atoms with Crippen molar-refractivity contribution in [3.8, 4) is 5.75 Å². The number of amides is 1. The number of hydrogen-bond acceptors (Lipinski definition) is 8. The molecule has 0 bridgehead atoms. The second kappa shape index (κ2) is 12.1. The van der Waals surface area contributed by atoms with E-state index in [0.29, 0.717) is 74.9 Å². The van der Waals surface area contributed by atoms with Crippen molar-refractivity contribution >= 4 is 43.7 Å². The molecule has 1 amide bonds. The van der Waals surface area contributed by atoms with Gasteiger partial charge in [0.05, 0.1) is 23.9 Å². The van der Waals surface area contributed by atoms with Crippen molar-refractivity contribution < 1.29 is 22.7 Å². The van der Waals surface area contributed by atoms with E-state index in [4.69, 9.17) is 20.2 Å². The third-order valence-corrected chi connectivity index (χ3v) is 7.10. The Bertz CT molecular complexity index is 1360. The first-order valence-electron chi connectivity index (χ1n) is 12.8. The normalized spacial score (nSPS) is 14.3. The van der Waals surface area contributed by atoms with Crippen molar-refractivity contribution in [2.45, 2.75) is 52.2 Å². The summed E-state index contributed by atoms with van der Waals surface area (Å²) in [5.74, 6) is 2.01. The van der Waals surface area contributed by atoms with E-state index in [-0.39, 0.29) is 5.91 Å². The number of fused-ring (bicyclic) bond motifs is 3. The van der Waals surface area contributed by atoms with Crippen LogP contribution in [0.25, 0.3) is 21.9 Å². The maximum Gasteiger partial charge on any atom is 0.222 e. The summed E-state index contributed by atoms with van der Waals surface area (Å²) in [5, 5.41) is 0.906. The van der Waals surface area contributed by atoms with Crippen LogP contribution in [0.2, 0.25) is 0 Å². The minimum atomic E-state index is -3.21. The van der Waals surface area contributed by atoms with Crippen molar-refractivity contribution in [1.29, 1.82) is 0 Å². The molecule has 11 nitrogen and oxygen atoms in total. The van der Waals surface area contributed by atoms with Gasteiger partial charge in [-0.05, 0) is 44.7 Å². The van der Waals surface area contributed by atoms with Gasteiger partial charge in [-0.15, -0.1) is 0 Å². The van der Waals surface area contributed by atoms with Gasteiger partial charge < -0.3 is 24.7 Å². The molecule has 1 aliphatic rings. The molecule has 2 aromatic heterocycles. The number of nitrogens with one attached hydrogen (secondary N) is 1. The van der Waals surface area contributed by atoms with Crippen LogP contribution in [-0.2, 0) is 32.7 Å². The number of imidazole rings is 1. The Hall–Kier alpha value is -2.96. The number of pyridine rings is 1. The number of hydrogen-bond donors (Lipinski definition) is 2. The van der Waals surface area contributed by atoms with Gasteiger partial charge in [0.25, 0.3) is 0 Å². The highest BCUT2D eigenvalue weighted by atomic mass is 32.2. The van der Waals surface area contributed by atoms with Crippen molar-refractivity contribution in [2.75, 3.05) is 44.8 Å². The number of nitrogen functional groups attached to an aromatic ring is 1. The van der Waals surface area contributed by atoms with Gasteiger partial charge in [0, 0.05) is 50.7 Å². The fraction of sp³-hybridized carbons (Fsp3) is 0.560. The molecule has 202 valence electrons. The van der Waals surface area contributed by atoms with Gasteiger partial charge in [0.1, 0.15) is 23.7 Å². The lowest BCUT2D eigenvalue weighted by Gasteiger charge is -2.15. The molecule has 1 fully saturated rings. The molecular formula is C25H36N6O5S. The number of sulfonamides is 1. The highest BCUT2D eigenvalue weighted by Gasteiger charge is 2.20. The van der Waals surface area contributed by atoms with Crippen LogP contribution in [0.4, 0.5) is 5.82 Å². The standard InChI is InChI=1S/C25H36N6O5S/c1-3-35-17-21-29-23-24(31(21)14-5-4-11-27-37(2,33)34)19-10-9-18(16-20(19)28-25(23)26)36-15-7-13-30-12-6-8-22(30)32/h9-10,16,27H,3-8,11-15,17H2,1-2H3,(H2,26,28). The third-order valence-electron chi connectivity index (χ3n) is 6.38. The molecule has 37 heavy (non-hydrogen) atoms. The molecule has 12 heteroatoms. The Morgan fingerprint density at radius 1 is 1.16 bits per heavy atom. The predicted octanol–water partition coefficient (Wildman–Crippen LogP) is 2.42. The van der Waals surface area contributed by atoms with Crippen molar-refractivity contribution in [2.24, 2.45) is 0 Å². The lowest BCUT2D eigenvalue weighted by molar-refractivity contribution is -0.127. The topological polar surface area (TPSA) is 142 Å². The van der Waals surface area contributed by atoms with E-state index in [9.17, 15) is 13.2 Å². The fourth-order valence-electron chi connectivity index (χ4n) is 4.61. The van der Waals surface area contributed by atoms with E-state index >= 15 is 0 Å². The van der Waals surface area contributed by atoms with E-state index in [1.54, 1.807) is 0 Å². The first-order valence-corrected chi connectivity index (χ1v) is 14.7. The number of aromatic nitrogens is 3. The molecule has 1 aliphatic heterocycles. The summed E-state index contributed by atoms with van der Waals surface area (Å²) < 4.78 is 38.9. The number of carbonyl (C=O) groups excluding carboxylic acids is 1. The smallest absolute Gasteiger partial charge is 0.222 e. The minimum absolute atomic E-state index is 0.223. The Morgan fingerprint density at radius 3 is 2.73 bits per heavy atom. The molecule has 3 aromatic rings. The van der Waals surface area contributed by atoms with Gasteiger partial charge in [-0.1, -0.05) is 0 Å². The maximum atomic E-state index is 11.8. The molecule has 1 saturated heterocycles. The first-order chi connectivity index (χ1) is 17.8. The third kappa shape index (κ3) is 6.88. The monoisotopic (exact) mass is 532 g/mol. The quantitative estimate of drug-likeness (QED) is 0.302. The van der Waals surface area contributed by atoms with Crippen LogP contribution in [-0.4, -0.2) is 72.9 Å². The Balaban J connectivity index is 1.53. The zero-order chi connectivity index (χ0) is 26.4. The number of nitrogens with zero attached hydrogens (tertiary/aromatic N) is 4. The highest BCUT2D eigenvalue weighted by Crippen LogP contribution is 2.31. The van der Waals surface area contributed by atoms with Crippen molar-refractivity contribution in [3.05, 3.63) is 24.0 Å². The zero-order valence-corrected chi connectivity index (χ0v) is 22.3. The Labute approximate surface area is 217 Å². The van der Waals surface area contributed by atoms with Crippen LogP contribution in [0, 0.1) is 0 Å². The molecule has 0 aliphatic carbocycles. The molecule has 3 heterocycles. The second-order valence-corrected chi connectivity index (χ2v) is 11.1. The van der Waals surface area contributed by atoms with Crippen LogP contribution in [0.3, 0.4) is 0 Å². The molecule has 1 aromatic carbocycles. The van der Waals surface area contributed by atoms with Gasteiger partial charge in [-0.25, -0.2) is 23.1 Å². The van der Waals surface area contributed by atoms with Crippen LogP contribution in [0.15, 0.2) is 18.2 Å². The van der Waals surface area contributed by atoms with E-state index < -0.39 is 10.0 Å². The molecular weight excluding hydrogens is 496 g/mol. The molecule has 3 N–H and O–H groups in total. The van der Waals surface area contributed by atoms with Crippen LogP contribution in [0.5, 0.6) is 5.75 Å². The summed E-state index contributed by atoms with van der Waals surface area (Å²) >= 11 is 0. The van der Waals surface area contributed by atoms with Gasteiger partial charge in [-0.3, -0.25) is 4.79 Å². The van der Waals surface area contributed by atoms with E-state index in [0.717, 1.165) is 48.8 Å². The lowest BCUT2D eigenvalue weighted by Crippen LogP contribution is -2.26. The Kier molecular flexibility index (Phi) is 8.83. The largest absolute Gasteiger partial charge is 0.493 e. The summed E-state index contributed by atoms with van der Waals surface area (Å²) in [5.41, 5.74) is 8.54. The Morgan fingerprint density at radius 2 is 2.00 bits per heavy atom. The number of ether oxygens (including phenoxy) is 2. The number of anilines is 1. The summed E-state index contributed by atoms with van der Waals surface area (Å²) in [6.07, 6.45) is 4.93. The number of carbonyl (C=O) groups is 1. The summed E-state index contributed by atoms with van der Waals surface area (Å²) in [6.45, 7) is 5.89. The number of unbranched alkanes of at least 4 members (excludes halogenated alkanes) is 1. The lowest BCUT2D eigenvalue weighted by atomic mass is 10.1. The summed E-state index contributed by atoms with van der Waals surface area (Å²) in [7, 11) is -3.21. The molecule has 0 unspecified atom stereocenters. The van der Waals surface area contributed by atoms with Gasteiger partial charge in [0.2, 0.25) is 15.9 Å². The number of benzene rings is 1. The molecule has 0 spiro atoms. The second-order valence-electron chi connectivity index (χ2n) is 9.25. The fourth-order valence-corrected chi connectivity index (χ4v) is 5.13. The van der Waals surface area contributed by atoms with Gasteiger partial charge in [0.15, 0.2) is 5.82 Å². The maximum absolute atomic E-state index is 11.8. The zero-order valence-electron chi connectivity index (χ0n) is 21.5. The van der Waals surface area contributed by atoms with Crippen molar-refractivity contribution in [3.63, 3.8) is 0 Å². The highest BCUT2D eigenvalue weighted by molar-refractivity contribution is 7.88. The van der Waals surface area contributed by atoms with Gasteiger partial charge in [-0.2, -0.15) is 0 Å². The summed E-state index contributed by atoms with van der Waals surface area (Å²) in [4.78, 5) is 23.0. The molecule has 0 atom stereocenters. The number of aryl methyl sites for hydroxylation is 1. The van der Waals surface area contributed by atoms with Crippen LogP contribution in [0.1, 0.15) is 44.9 Å². The number of rotatable bonds is 14. The van der Waals surface area contributed by atoms with E-state index in [2.05, 4.69) is 14.3 Å². The van der Waals surface area contributed by atoms with Crippen LogP contribution < -0.4 is 15.2 Å². The summed E-state index contributed by atoms with van der Waals surface area (Å²) in [6, 6.07) is 5.76. The van der Waals surface area contributed by atoms with E-state index in [1.807, 2.05) is 30.0 Å². The predicted molar refractivity (Wildman–Crippen MR) is 143 cm³/mol. The van der Waals surface area contributed by atoms with E-state index in [1.165, 1.54) is 0 Å². The molecule has 0 radical (unpaired) electrons. The number of likely N-dealkylation sites (tertiary alicyclic amines) is 1. The molecule has 4 rings (SSSR count). The van der Waals surface area contributed by atoms with Gasteiger partial charge >= 0.3 is 0 Å². The first kappa shape index (κ1) is 27.1. The van der Waals surface area contributed by atoms with Crippen molar-refractivity contribution in [1.82, 2.24) is 24.2 Å². The SMILES string of the molecule is CCOCc1nc2c(N)nc3cc(OCCCN4CCCC4=O)ccc3c2n1CCCCNS(C)(=O)=O. The van der Waals surface area contributed by atoms with Crippen LogP contribution >= 0.6 is 0 Å². The average Bonchev–Trinajstić information content (AvgIpc) is 3.43.